The van der Waals surface area contributed by atoms with E-state index in [1.807, 2.05) is 12.1 Å². The third-order valence-corrected chi connectivity index (χ3v) is 3.61. The summed E-state index contributed by atoms with van der Waals surface area (Å²) in [7, 11) is 4.25. The molecule has 0 aromatic carbocycles. The Labute approximate surface area is 109 Å². The lowest BCUT2D eigenvalue weighted by Gasteiger charge is -2.36. The molecule has 0 amide bonds. The van der Waals surface area contributed by atoms with Gasteiger partial charge in [0.15, 0.2) is 5.78 Å². The van der Waals surface area contributed by atoms with Crippen molar-refractivity contribution in [3.05, 3.63) is 23.9 Å². The highest BCUT2D eigenvalue weighted by Gasteiger charge is 2.22. The van der Waals surface area contributed by atoms with Crippen LogP contribution in [0.4, 0.5) is 5.82 Å². The van der Waals surface area contributed by atoms with Gasteiger partial charge in [-0.2, -0.15) is 0 Å². The number of anilines is 1. The van der Waals surface area contributed by atoms with Crippen LogP contribution < -0.4 is 4.90 Å². The molecule has 18 heavy (non-hydrogen) atoms. The Bertz CT molecular complexity index is 414. The second kappa shape index (κ2) is 5.48. The first-order chi connectivity index (χ1) is 8.58. The van der Waals surface area contributed by atoms with Gasteiger partial charge >= 0.3 is 0 Å². The van der Waals surface area contributed by atoms with Crippen molar-refractivity contribution in [2.45, 2.75) is 25.8 Å². The van der Waals surface area contributed by atoms with Crippen LogP contribution in [0.5, 0.6) is 0 Å². The molecule has 4 nitrogen and oxygen atoms in total. The zero-order chi connectivity index (χ0) is 13.1. The molecule has 0 N–H and O–H groups in total. The van der Waals surface area contributed by atoms with Crippen molar-refractivity contribution in [1.29, 1.82) is 0 Å². The van der Waals surface area contributed by atoms with Crippen LogP contribution >= 0.6 is 0 Å². The number of hydrogen-bond acceptors (Lipinski definition) is 4. The van der Waals surface area contributed by atoms with E-state index in [0.717, 1.165) is 18.9 Å². The Kier molecular flexibility index (Phi) is 3.97. The molecule has 1 aliphatic heterocycles. The fraction of sp³-hybridized carbons (Fsp3) is 0.571. The standard InChI is InChI=1S/C14H21N3O/c1-11(18)12-6-7-14(15-9-12)17-8-4-5-13(10-17)16(2)3/h6-7,9,13H,4-5,8,10H2,1-3H3. The maximum absolute atomic E-state index is 11.2. The number of nitrogens with zero attached hydrogens (tertiary/aromatic N) is 3. The highest BCUT2D eigenvalue weighted by molar-refractivity contribution is 5.93. The molecule has 1 aliphatic rings. The minimum absolute atomic E-state index is 0.0684. The minimum Gasteiger partial charge on any atom is -0.355 e. The largest absolute Gasteiger partial charge is 0.355 e. The number of pyridine rings is 1. The number of aromatic nitrogens is 1. The number of rotatable bonds is 3. The molecule has 1 unspecified atom stereocenters. The minimum atomic E-state index is 0.0684. The van der Waals surface area contributed by atoms with Crippen LogP contribution in [0.15, 0.2) is 18.3 Å². The molecule has 1 fully saturated rings. The zero-order valence-electron chi connectivity index (χ0n) is 11.4. The lowest BCUT2D eigenvalue weighted by molar-refractivity contribution is 0.101. The van der Waals surface area contributed by atoms with E-state index in [-0.39, 0.29) is 5.78 Å². The first-order valence-corrected chi connectivity index (χ1v) is 6.46. The summed E-state index contributed by atoms with van der Waals surface area (Å²) in [6, 6.07) is 4.41. The van der Waals surface area contributed by atoms with Gasteiger partial charge in [-0.15, -0.1) is 0 Å². The Hall–Kier alpha value is -1.42. The molecular weight excluding hydrogens is 226 g/mol. The molecule has 1 aromatic heterocycles. The lowest BCUT2D eigenvalue weighted by Crippen LogP contribution is -2.45. The Morgan fingerprint density at radius 1 is 1.44 bits per heavy atom. The van der Waals surface area contributed by atoms with Gasteiger partial charge in [0, 0.05) is 30.9 Å². The van der Waals surface area contributed by atoms with Gasteiger partial charge in [0.1, 0.15) is 5.82 Å². The summed E-state index contributed by atoms with van der Waals surface area (Å²) in [5, 5.41) is 0. The van der Waals surface area contributed by atoms with Crippen molar-refractivity contribution < 1.29 is 4.79 Å². The number of Topliss-reactive ketones (excluding diaryl/α,β-unsaturated/α-hetero) is 1. The first-order valence-electron chi connectivity index (χ1n) is 6.46. The number of piperidine rings is 1. The van der Waals surface area contributed by atoms with Gasteiger partial charge < -0.3 is 9.80 Å². The smallest absolute Gasteiger partial charge is 0.161 e. The quantitative estimate of drug-likeness (QED) is 0.763. The van der Waals surface area contributed by atoms with Crippen LogP contribution in [0.25, 0.3) is 0 Å². The molecule has 0 bridgehead atoms. The predicted molar refractivity (Wildman–Crippen MR) is 73.2 cm³/mol. The van der Waals surface area contributed by atoms with Gasteiger partial charge in [0.2, 0.25) is 0 Å². The van der Waals surface area contributed by atoms with Crippen LogP contribution in [0, 0.1) is 0 Å². The summed E-state index contributed by atoms with van der Waals surface area (Å²) in [5.74, 6) is 1.05. The molecule has 1 saturated heterocycles. The topological polar surface area (TPSA) is 36.4 Å². The number of carbonyl (C=O) groups is 1. The molecular formula is C14H21N3O. The number of carbonyl (C=O) groups excluding carboxylic acids is 1. The Morgan fingerprint density at radius 2 is 2.22 bits per heavy atom. The van der Waals surface area contributed by atoms with E-state index < -0.39 is 0 Å². The third-order valence-electron chi connectivity index (χ3n) is 3.61. The molecule has 1 atom stereocenters. The second-order valence-corrected chi connectivity index (χ2v) is 5.17. The van der Waals surface area contributed by atoms with E-state index in [1.54, 1.807) is 13.1 Å². The SMILES string of the molecule is CC(=O)c1ccc(N2CCCC(N(C)C)C2)nc1. The molecule has 2 rings (SSSR count). The van der Waals surface area contributed by atoms with Gasteiger partial charge in [0.25, 0.3) is 0 Å². The third kappa shape index (κ3) is 2.88. The summed E-state index contributed by atoms with van der Waals surface area (Å²) >= 11 is 0. The number of likely N-dealkylation sites (N-methyl/N-ethyl adjacent to an activating group) is 1. The Balaban J connectivity index is 2.09. The van der Waals surface area contributed by atoms with Crippen LogP contribution in [0.3, 0.4) is 0 Å². The predicted octanol–water partition coefficient (Wildman–Crippen LogP) is 1.81. The van der Waals surface area contributed by atoms with E-state index >= 15 is 0 Å². The monoisotopic (exact) mass is 247 g/mol. The highest BCUT2D eigenvalue weighted by Crippen LogP contribution is 2.20. The maximum atomic E-state index is 11.2. The van der Waals surface area contributed by atoms with Gasteiger partial charge in [0.05, 0.1) is 0 Å². The van der Waals surface area contributed by atoms with Crippen LogP contribution in [0.2, 0.25) is 0 Å². The number of hydrogen-bond donors (Lipinski definition) is 0. The molecule has 1 aromatic rings. The van der Waals surface area contributed by atoms with Crippen molar-refractivity contribution in [2.24, 2.45) is 0 Å². The first kappa shape index (κ1) is 13.0. The summed E-state index contributed by atoms with van der Waals surface area (Å²) in [6.45, 7) is 3.63. The highest BCUT2D eigenvalue weighted by atomic mass is 16.1. The fourth-order valence-corrected chi connectivity index (χ4v) is 2.37. The molecule has 0 saturated carbocycles. The molecule has 0 spiro atoms. The van der Waals surface area contributed by atoms with Crippen molar-refractivity contribution >= 4 is 11.6 Å². The molecule has 2 heterocycles. The van der Waals surface area contributed by atoms with Gasteiger partial charge in [-0.1, -0.05) is 0 Å². The van der Waals surface area contributed by atoms with Crippen LogP contribution in [-0.4, -0.2) is 48.9 Å². The van der Waals surface area contributed by atoms with E-state index in [0.29, 0.717) is 11.6 Å². The van der Waals surface area contributed by atoms with Gasteiger partial charge in [-0.3, -0.25) is 4.79 Å². The second-order valence-electron chi connectivity index (χ2n) is 5.17. The van der Waals surface area contributed by atoms with E-state index in [1.165, 1.54) is 12.8 Å². The average molecular weight is 247 g/mol. The Morgan fingerprint density at radius 3 is 2.78 bits per heavy atom. The molecule has 0 radical (unpaired) electrons. The van der Waals surface area contributed by atoms with Crippen molar-refractivity contribution in [1.82, 2.24) is 9.88 Å². The lowest BCUT2D eigenvalue weighted by atomic mass is 10.0. The normalized spacial score (nSPS) is 20.2. The van der Waals surface area contributed by atoms with Crippen LogP contribution in [0.1, 0.15) is 30.1 Å². The molecule has 4 heteroatoms. The maximum Gasteiger partial charge on any atom is 0.161 e. The fourth-order valence-electron chi connectivity index (χ4n) is 2.37. The van der Waals surface area contributed by atoms with E-state index in [4.69, 9.17) is 0 Å². The van der Waals surface area contributed by atoms with Crippen molar-refractivity contribution in [2.75, 3.05) is 32.1 Å². The van der Waals surface area contributed by atoms with Gasteiger partial charge in [-0.25, -0.2) is 4.98 Å². The summed E-state index contributed by atoms with van der Waals surface area (Å²) < 4.78 is 0. The van der Waals surface area contributed by atoms with Crippen molar-refractivity contribution in [3.8, 4) is 0 Å². The summed E-state index contributed by atoms with van der Waals surface area (Å²) in [4.78, 5) is 20.2. The summed E-state index contributed by atoms with van der Waals surface area (Å²) in [6.07, 6.45) is 4.12. The molecule has 98 valence electrons. The summed E-state index contributed by atoms with van der Waals surface area (Å²) in [5.41, 5.74) is 0.680. The number of ketones is 1. The zero-order valence-corrected chi connectivity index (χ0v) is 11.4. The van der Waals surface area contributed by atoms with Crippen molar-refractivity contribution in [3.63, 3.8) is 0 Å². The molecule has 0 aliphatic carbocycles. The van der Waals surface area contributed by atoms with Gasteiger partial charge in [-0.05, 0) is 46.0 Å². The van der Waals surface area contributed by atoms with E-state index in [2.05, 4.69) is 28.9 Å². The average Bonchev–Trinajstić information content (AvgIpc) is 2.39. The van der Waals surface area contributed by atoms with E-state index in [9.17, 15) is 4.79 Å². The van der Waals surface area contributed by atoms with Crippen LogP contribution in [-0.2, 0) is 0 Å².